The van der Waals surface area contributed by atoms with Gasteiger partial charge in [0.1, 0.15) is 11.5 Å². The van der Waals surface area contributed by atoms with Crippen molar-refractivity contribution in [2.75, 3.05) is 0 Å². The fourth-order valence-electron chi connectivity index (χ4n) is 2.09. The number of rotatable bonds is 5. The fourth-order valence-corrected chi connectivity index (χ4v) is 2.09. The number of aromatic nitrogens is 2. The zero-order valence-corrected chi connectivity index (χ0v) is 13.1. The molecule has 1 atom stereocenters. The van der Waals surface area contributed by atoms with Crippen LogP contribution >= 0.6 is 0 Å². The predicted octanol–water partition coefficient (Wildman–Crippen LogP) is 2.54. The number of carboxylic acid groups (broad SMARTS) is 1. The Hall–Kier alpha value is -2.70. The average molecular weight is 319 g/mol. The molecule has 7 heteroatoms. The number of nitrogens with one attached hydrogen (secondary N) is 2. The van der Waals surface area contributed by atoms with E-state index in [1.165, 1.54) is 25.1 Å². The van der Waals surface area contributed by atoms with E-state index in [0.29, 0.717) is 11.1 Å². The number of aromatic amines is 1. The minimum absolute atomic E-state index is 0.110. The number of hydrogen-bond acceptors (Lipinski definition) is 3. The first-order valence-electron chi connectivity index (χ1n) is 7.14. The molecule has 0 bridgehead atoms. The van der Waals surface area contributed by atoms with Gasteiger partial charge in [0, 0.05) is 5.69 Å². The van der Waals surface area contributed by atoms with Crippen molar-refractivity contribution < 1.29 is 19.1 Å². The number of benzene rings is 1. The van der Waals surface area contributed by atoms with Gasteiger partial charge in [-0.2, -0.15) is 5.10 Å². The van der Waals surface area contributed by atoms with E-state index in [2.05, 4.69) is 15.5 Å². The van der Waals surface area contributed by atoms with Gasteiger partial charge in [-0.15, -0.1) is 0 Å². The van der Waals surface area contributed by atoms with E-state index in [1.807, 2.05) is 13.8 Å². The Morgan fingerprint density at radius 2 is 2.00 bits per heavy atom. The van der Waals surface area contributed by atoms with Crippen molar-refractivity contribution in [3.05, 3.63) is 52.6 Å². The third-order valence-electron chi connectivity index (χ3n) is 3.49. The number of aliphatic carboxylic acids is 1. The van der Waals surface area contributed by atoms with Gasteiger partial charge in [0.15, 0.2) is 6.04 Å². The highest BCUT2D eigenvalue weighted by Crippen LogP contribution is 2.18. The highest BCUT2D eigenvalue weighted by Gasteiger charge is 2.24. The van der Waals surface area contributed by atoms with Gasteiger partial charge in [-0.1, -0.05) is 26.0 Å². The predicted molar refractivity (Wildman–Crippen MR) is 81.7 cm³/mol. The lowest BCUT2D eigenvalue weighted by Gasteiger charge is -2.15. The van der Waals surface area contributed by atoms with E-state index in [-0.39, 0.29) is 11.6 Å². The van der Waals surface area contributed by atoms with Gasteiger partial charge in [0.25, 0.3) is 5.91 Å². The molecule has 2 rings (SSSR count). The Morgan fingerprint density at radius 3 is 2.52 bits per heavy atom. The molecule has 1 amide bonds. The first kappa shape index (κ1) is 16.7. The largest absolute Gasteiger partial charge is 0.479 e. The Labute approximate surface area is 132 Å². The molecular weight excluding hydrogens is 301 g/mol. The van der Waals surface area contributed by atoms with E-state index in [4.69, 9.17) is 0 Å². The number of carbonyl (C=O) groups excluding carboxylic acids is 1. The highest BCUT2D eigenvalue weighted by atomic mass is 19.1. The molecule has 0 saturated carbocycles. The first-order valence-corrected chi connectivity index (χ1v) is 7.14. The summed E-state index contributed by atoms with van der Waals surface area (Å²) < 4.78 is 13.3. The molecule has 6 nitrogen and oxygen atoms in total. The lowest BCUT2D eigenvalue weighted by Crippen LogP contribution is -2.34. The zero-order valence-electron chi connectivity index (χ0n) is 13.1. The lowest BCUT2D eigenvalue weighted by molar-refractivity contribution is -0.139. The highest BCUT2D eigenvalue weighted by molar-refractivity contribution is 5.95. The second-order valence-electron chi connectivity index (χ2n) is 5.62. The summed E-state index contributed by atoms with van der Waals surface area (Å²) in [6.45, 7) is 5.41. The van der Waals surface area contributed by atoms with E-state index in [0.717, 1.165) is 5.69 Å². The first-order chi connectivity index (χ1) is 10.8. The summed E-state index contributed by atoms with van der Waals surface area (Å²) >= 11 is 0. The molecule has 1 aromatic carbocycles. The summed E-state index contributed by atoms with van der Waals surface area (Å²) in [5.74, 6) is -2.11. The standard InChI is InChI=1S/C16H18FN3O3/c1-8(2)12-7-13(20-19-12)15(21)18-14(16(22)23)10-4-5-11(17)9(3)6-10/h4-8,14H,1-3H3,(H,18,21)(H,19,20)(H,22,23). The van der Waals surface area contributed by atoms with Gasteiger partial charge in [-0.3, -0.25) is 9.89 Å². The van der Waals surface area contributed by atoms with Crippen LogP contribution in [-0.2, 0) is 4.79 Å². The van der Waals surface area contributed by atoms with Crippen molar-refractivity contribution in [3.63, 3.8) is 0 Å². The van der Waals surface area contributed by atoms with Crippen LogP contribution in [0.5, 0.6) is 0 Å². The second kappa shape index (κ2) is 6.60. The molecule has 0 aliphatic heterocycles. The summed E-state index contributed by atoms with van der Waals surface area (Å²) in [6.07, 6.45) is 0. The minimum atomic E-state index is -1.28. The molecule has 23 heavy (non-hydrogen) atoms. The Balaban J connectivity index is 2.23. The number of aryl methyl sites for hydroxylation is 1. The Bertz CT molecular complexity index is 740. The van der Waals surface area contributed by atoms with Gasteiger partial charge in [-0.05, 0) is 36.1 Å². The SMILES string of the molecule is Cc1cc(C(NC(=O)c2cc(C(C)C)[nH]n2)C(=O)O)ccc1F. The summed E-state index contributed by atoms with van der Waals surface area (Å²) in [5.41, 5.74) is 1.49. The van der Waals surface area contributed by atoms with Crippen LogP contribution in [0.3, 0.4) is 0 Å². The zero-order chi connectivity index (χ0) is 17.1. The molecule has 3 N–H and O–H groups in total. The van der Waals surface area contributed by atoms with Crippen molar-refractivity contribution >= 4 is 11.9 Å². The molecule has 1 heterocycles. The van der Waals surface area contributed by atoms with Crippen molar-refractivity contribution in [1.82, 2.24) is 15.5 Å². The van der Waals surface area contributed by atoms with Crippen LogP contribution in [0.25, 0.3) is 0 Å². The molecule has 0 aliphatic carbocycles. The minimum Gasteiger partial charge on any atom is -0.479 e. The molecule has 2 aromatic rings. The van der Waals surface area contributed by atoms with Gasteiger partial charge in [-0.25, -0.2) is 9.18 Å². The molecule has 122 valence electrons. The van der Waals surface area contributed by atoms with Gasteiger partial charge in [0.05, 0.1) is 0 Å². The van der Waals surface area contributed by atoms with Crippen LogP contribution in [0, 0.1) is 12.7 Å². The number of halogens is 1. The Morgan fingerprint density at radius 1 is 1.30 bits per heavy atom. The third-order valence-corrected chi connectivity index (χ3v) is 3.49. The van der Waals surface area contributed by atoms with Gasteiger partial charge >= 0.3 is 5.97 Å². The maximum Gasteiger partial charge on any atom is 0.330 e. The number of nitrogens with zero attached hydrogens (tertiary/aromatic N) is 1. The van der Waals surface area contributed by atoms with E-state index >= 15 is 0 Å². The third kappa shape index (κ3) is 3.74. The van der Waals surface area contributed by atoms with E-state index in [9.17, 15) is 19.1 Å². The maximum absolute atomic E-state index is 13.3. The molecule has 0 aliphatic rings. The molecular formula is C16H18FN3O3. The normalized spacial score (nSPS) is 12.2. The quantitative estimate of drug-likeness (QED) is 0.789. The number of carboxylic acids is 1. The molecule has 0 saturated heterocycles. The lowest BCUT2D eigenvalue weighted by atomic mass is 10.0. The van der Waals surface area contributed by atoms with E-state index < -0.39 is 23.7 Å². The summed E-state index contributed by atoms with van der Waals surface area (Å²) in [5, 5.41) is 18.4. The summed E-state index contributed by atoms with van der Waals surface area (Å²) in [4.78, 5) is 23.6. The van der Waals surface area contributed by atoms with E-state index in [1.54, 1.807) is 6.07 Å². The second-order valence-corrected chi connectivity index (χ2v) is 5.62. The number of carbonyl (C=O) groups is 2. The molecule has 0 radical (unpaired) electrons. The van der Waals surface area contributed by atoms with Crippen molar-refractivity contribution in [2.24, 2.45) is 0 Å². The van der Waals surface area contributed by atoms with Crippen LogP contribution in [0.15, 0.2) is 24.3 Å². The van der Waals surface area contributed by atoms with Crippen LogP contribution < -0.4 is 5.32 Å². The number of H-pyrrole nitrogens is 1. The maximum atomic E-state index is 13.3. The van der Waals surface area contributed by atoms with Crippen LogP contribution in [-0.4, -0.2) is 27.2 Å². The molecule has 0 fully saturated rings. The molecule has 1 aromatic heterocycles. The van der Waals surface area contributed by atoms with Crippen LogP contribution in [0.1, 0.15) is 53.1 Å². The average Bonchev–Trinajstić information content (AvgIpc) is 2.97. The van der Waals surface area contributed by atoms with Crippen LogP contribution in [0.4, 0.5) is 4.39 Å². The van der Waals surface area contributed by atoms with Gasteiger partial charge in [0.2, 0.25) is 0 Å². The summed E-state index contributed by atoms with van der Waals surface area (Å²) in [6, 6.07) is 4.22. The van der Waals surface area contributed by atoms with Crippen molar-refractivity contribution in [1.29, 1.82) is 0 Å². The Kier molecular flexibility index (Phi) is 4.78. The molecule has 1 unspecified atom stereocenters. The number of amides is 1. The van der Waals surface area contributed by atoms with Gasteiger partial charge < -0.3 is 10.4 Å². The topological polar surface area (TPSA) is 95.1 Å². The number of hydrogen-bond donors (Lipinski definition) is 3. The summed E-state index contributed by atoms with van der Waals surface area (Å²) in [7, 11) is 0. The fraction of sp³-hybridized carbons (Fsp3) is 0.312. The van der Waals surface area contributed by atoms with Crippen molar-refractivity contribution in [2.45, 2.75) is 32.7 Å². The molecule has 0 spiro atoms. The monoisotopic (exact) mass is 319 g/mol. The van der Waals surface area contributed by atoms with Crippen LogP contribution in [0.2, 0.25) is 0 Å². The smallest absolute Gasteiger partial charge is 0.330 e. The van der Waals surface area contributed by atoms with Crippen molar-refractivity contribution in [3.8, 4) is 0 Å².